The highest BCUT2D eigenvalue weighted by Crippen LogP contribution is 2.22. The fraction of sp³-hybridized carbons (Fsp3) is 0.143. The van der Waals surface area contributed by atoms with Crippen molar-refractivity contribution >= 4 is 0 Å². The molecule has 4 heteroatoms. The maximum atomic E-state index is 8.81. The second kappa shape index (κ2) is 5.30. The minimum absolute atomic E-state index is 0.0687. The van der Waals surface area contributed by atoms with Crippen molar-refractivity contribution in [3.05, 3.63) is 53.7 Å². The van der Waals surface area contributed by atoms with E-state index in [4.69, 9.17) is 15.7 Å². The third-order valence-electron chi connectivity index (χ3n) is 2.47. The van der Waals surface area contributed by atoms with Gasteiger partial charge in [0.05, 0.1) is 11.6 Å². The molecule has 0 aliphatic carbocycles. The van der Waals surface area contributed by atoms with Crippen molar-refractivity contribution in [1.82, 2.24) is 4.98 Å². The van der Waals surface area contributed by atoms with Crippen LogP contribution in [0, 0.1) is 11.3 Å². The van der Waals surface area contributed by atoms with Crippen molar-refractivity contribution in [2.45, 2.75) is 13.0 Å². The van der Waals surface area contributed by atoms with Gasteiger partial charge in [0.2, 0.25) is 5.88 Å². The number of hydrogen-bond donors (Lipinski definition) is 1. The molecule has 0 spiro atoms. The van der Waals surface area contributed by atoms with E-state index in [-0.39, 0.29) is 6.04 Å². The lowest BCUT2D eigenvalue weighted by atomic mass is 10.1. The summed E-state index contributed by atoms with van der Waals surface area (Å²) in [6, 6.07) is 12.6. The van der Waals surface area contributed by atoms with Crippen molar-refractivity contribution in [3.63, 3.8) is 0 Å². The molecule has 1 aromatic heterocycles. The van der Waals surface area contributed by atoms with E-state index >= 15 is 0 Å². The first-order valence-corrected chi connectivity index (χ1v) is 5.58. The summed E-state index contributed by atoms with van der Waals surface area (Å²) in [7, 11) is 0. The molecule has 4 nitrogen and oxygen atoms in total. The Morgan fingerprint density at radius 1 is 1.33 bits per heavy atom. The molecule has 0 radical (unpaired) electrons. The lowest BCUT2D eigenvalue weighted by Gasteiger charge is -2.08. The van der Waals surface area contributed by atoms with Crippen LogP contribution in [0.3, 0.4) is 0 Å². The molecule has 0 amide bonds. The molecule has 1 aromatic carbocycles. The van der Waals surface area contributed by atoms with E-state index in [1.54, 1.807) is 36.5 Å². The van der Waals surface area contributed by atoms with Crippen LogP contribution in [0.2, 0.25) is 0 Å². The normalized spacial score (nSPS) is 11.6. The van der Waals surface area contributed by atoms with Crippen molar-refractivity contribution < 1.29 is 4.74 Å². The molecule has 1 atom stereocenters. The molecule has 0 aliphatic heterocycles. The first-order valence-electron chi connectivity index (χ1n) is 5.58. The molecule has 90 valence electrons. The van der Waals surface area contributed by atoms with Crippen molar-refractivity contribution in [1.29, 1.82) is 5.26 Å². The number of ether oxygens (including phenoxy) is 1. The molecule has 2 aromatic rings. The monoisotopic (exact) mass is 239 g/mol. The average molecular weight is 239 g/mol. The van der Waals surface area contributed by atoms with Gasteiger partial charge in [0.15, 0.2) is 0 Å². The molecule has 0 saturated carbocycles. The number of nitriles is 1. The van der Waals surface area contributed by atoms with Crippen LogP contribution in [0.25, 0.3) is 0 Å². The molecule has 0 fully saturated rings. The zero-order valence-corrected chi connectivity index (χ0v) is 10.00. The van der Waals surface area contributed by atoms with E-state index in [0.717, 1.165) is 5.56 Å². The Balaban J connectivity index is 2.23. The van der Waals surface area contributed by atoms with Gasteiger partial charge >= 0.3 is 0 Å². The second-order valence-corrected chi connectivity index (χ2v) is 3.96. The van der Waals surface area contributed by atoms with Gasteiger partial charge in [0.1, 0.15) is 5.75 Å². The SMILES string of the molecule is C[C@@H](N)c1ccnc(Oc2cccc(C#N)c2)c1. The molecule has 2 rings (SSSR count). The van der Waals surface area contributed by atoms with E-state index in [1.807, 2.05) is 13.0 Å². The van der Waals surface area contributed by atoms with Gasteiger partial charge in [0.25, 0.3) is 0 Å². The second-order valence-electron chi connectivity index (χ2n) is 3.96. The van der Waals surface area contributed by atoms with Gasteiger partial charge in [-0.2, -0.15) is 5.26 Å². The Morgan fingerprint density at radius 3 is 2.89 bits per heavy atom. The molecular formula is C14H13N3O. The van der Waals surface area contributed by atoms with Gasteiger partial charge in [-0.3, -0.25) is 0 Å². The predicted molar refractivity (Wildman–Crippen MR) is 68.1 cm³/mol. The quantitative estimate of drug-likeness (QED) is 0.893. The Morgan fingerprint density at radius 2 is 2.17 bits per heavy atom. The van der Waals surface area contributed by atoms with Crippen LogP contribution < -0.4 is 10.5 Å². The number of benzene rings is 1. The Hall–Kier alpha value is -2.38. The summed E-state index contributed by atoms with van der Waals surface area (Å²) < 4.78 is 5.59. The summed E-state index contributed by atoms with van der Waals surface area (Å²) in [5.74, 6) is 1.06. The number of rotatable bonds is 3. The highest BCUT2D eigenvalue weighted by molar-refractivity contribution is 5.38. The van der Waals surface area contributed by atoms with Crippen LogP contribution in [0.15, 0.2) is 42.6 Å². The molecule has 2 N–H and O–H groups in total. The predicted octanol–water partition coefficient (Wildman–Crippen LogP) is 2.77. The smallest absolute Gasteiger partial charge is 0.219 e. The van der Waals surface area contributed by atoms with Gasteiger partial charge < -0.3 is 10.5 Å². The Labute approximate surface area is 106 Å². The Kier molecular flexibility index (Phi) is 3.56. The fourth-order valence-corrected chi connectivity index (χ4v) is 1.51. The van der Waals surface area contributed by atoms with Crippen molar-refractivity contribution in [2.24, 2.45) is 5.73 Å². The van der Waals surface area contributed by atoms with Gasteiger partial charge in [-0.15, -0.1) is 0 Å². The first kappa shape index (κ1) is 12.1. The van der Waals surface area contributed by atoms with Crippen LogP contribution >= 0.6 is 0 Å². The van der Waals surface area contributed by atoms with Crippen molar-refractivity contribution in [2.75, 3.05) is 0 Å². The number of nitrogens with zero attached hydrogens (tertiary/aromatic N) is 2. The van der Waals surface area contributed by atoms with Crippen LogP contribution in [-0.4, -0.2) is 4.98 Å². The Bertz CT molecular complexity index is 588. The zero-order chi connectivity index (χ0) is 13.0. The summed E-state index contributed by atoms with van der Waals surface area (Å²) in [6.07, 6.45) is 1.65. The highest BCUT2D eigenvalue weighted by Gasteiger charge is 2.04. The molecule has 0 unspecified atom stereocenters. The van der Waals surface area contributed by atoms with Crippen LogP contribution in [-0.2, 0) is 0 Å². The van der Waals surface area contributed by atoms with Gasteiger partial charge in [-0.25, -0.2) is 4.98 Å². The summed E-state index contributed by atoms with van der Waals surface area (Å²) in [6.45, 7) is 1.90. The van der Waals surface area contributed by atoms with Crippen LogP contribution in [0.4, 0.5) is 0 Å². The third kappa shape index (κ3) is 2.84. The first-order chi connectivity index (χ1) is 8.69. The van der Waals surface area contributed by atoms with Crippen LogP contribution in [0.1, 0.15) is 24.1 Å². The number of aromatic nitrogens is 1. The lowest BCUT2D eigenvalue weighted by Crippen LogP contribution is -2.05. The number of nitrogens with two attached hydrogens (primary N) is 1. The van der Waals surface area contributed by atoms with Gasteiger partial charge in [-0.05, 0) is 36.8 Å². The third-order valence-corrected chi connectivity index (χ3v) is 2.47. The summed E-state index contributed by atoms with van der Waals surface area (Å²) in [4.78, 5) is 4.11. The highest BCUT2D eigenvalue weighted by atomic mass is 16.5. The average Bonchev–Trinajstić information content (AvgIpc) is 2.39. The fourth-order valence-electron chi connectivity index (χ4n) is 1.51. The van der Waals surface area contributed by atoms with Gasteiger partial charge in [-0.1, -0.05) is 6.07 Å². The summed E-state index contributed by atoms with van der Waals surface area (Å²) in [5.41, 5.74) is 7.30. The lowest BCUT2D eigenvalue weighted by molar-refractivity contribution is 0.461. The summed E-state index contributed by atoms with van der Waals surface area (Å²) >= 11 is 0. The largest absolute Gasteiger partial charge is 0.439 e. The standard InChI is InChI=1S/C14H13N3O/c1-10(16)12-5-6-17-14(8-12)18-13-4-2-3-11(7-13)9-15/h2-8,10H,16H2,1H3/t10-/m1/s1. The maximum absolute atomic E-state index is 8.81. The van der Waals surface area contributed by atoms with Crippen molar-refractivity contribution in [3.8, 4) is 17.7 Å². The van der Waals surface area contributed by atoms with E-state index in [2.05, 4.69) is 11.1 Å². The molecule has 18 heavy (non-hydrogen) atoms. The number of hydrogen-bond acceptors (Lipinski definition) is 4. The molecular weight excluding hydrogens is 226 g/mol. The van der Waals surface area contributed by atoms with E-state index < -0.39 is 0 Å². The van der Waals surface area contributed by atoms with E-state index in [9.17, 15) is 0 Å². The van der Waals surface area contributed by atoms with E-state index in [1.165, 1.54) is 0 Å². The summed E-state index contributed by atoms with van der Waals surface area (Å²) in [5, 5.41) is 8.81. The van der Waals surface area contributed by atoms with Crippen LogP contribution in [0.5, 0.6) is 11.6 Å². The molecule has 0 saturated heterocycles. The minimum Gasteiger partial charge on any atom is -0.439 e. The molecule has 0 aliphatic rings. The topological polar surface area (TPSA) is 71.9 Å². The minimum atomic E-state index is -0.0687. The number of pyridine rings is 1. The van der Waals surface area contributed by atoms with E-state index in [0.29, 0.717) is 17.2 Å². The van der Waals surface area contributed by atoms with Gasteiger partial charge in [0, 0.05) is 18.3 Å². The maximum Gasteiger partial charge on any atom is 0.219 e. The zero-order valence-electron chi connectivity index (χ0n) is 10.00. The molecule has 1 heterocycles. The molecule has 0 bridgehead atoms.